The predicted molar refractivity (Wildman–Crippen MR) is 136 cm³/mol. The number of rotatable bonds is 6. The van der Waals surface area contributed by atoms with Gasteiger partial charge in [0, 0.05) is 10.6 Å². The zero-order valence-corrected chi connectivity index (χ0v) is 20.7. The van der Waals surface area contributed by atoms with Crippen molar-refractivity contribution in [2.24, 2.45) is 11.8 Å². The van der Waals surface area contributed by atoms with Gasteiger partial charge in [-0.25, -0.2) is 4.90 Å². The lowest BCUT2D eigenvalue weighted by atomic mass is 9.83. The molecule has 2 heterocycles. The van der Waals surface area contributed by atoms with Gasteiger partial charge >= 0.3 is 0 Å². The highest BCUT2D eigenvalue weighted by Gasteiger charge is 2.62. The Morgan fingerprint density at radius 3 is 2.36 bits per heavy atom. The Bertz CT molecular complexity index is 1340. The number of benzene rings is 3. The zero-order chi connectivity index (χ0) is 25.6. The van der Waals surface area contributed by atoms with Crippen LogP contribution in [0.3, 0.4) is 0 Å². The van der Waals surface area contributed by atoms with Gasteiger partial charge in [0.1, 0.15) is 6.10 Å². The van der Waals surface area contributed by atoms with Crippen molar-refractivity contribution >= 4 is 34.9 Å². The van der Waals surface area contributed by atoms with E-state index in [2.05, 4.69) is 0 Å². The maximum absolute atomic E-state index is 13.8. The van der Waals surface area contributed by atoms with Gasteiger partial charge in [0.2, 0.25) is 11.8 Å². The Kier molecular flexibility index (Phi) is 6.51. The van der Waals surface area contributed by atoms with Crippen LogP contribution in [0, 0.1) is 11.8 Å². The number of hydrogen-bond acceptors (Lipinski definition) is 5. The summed E-state index contributed by atoms with van der Waals surface area (Å²) < 4.78 is 6.22. The fourth-order valence-corrected chi connectivity index (χ4v) is 5.44. The second kappa shape index (κ2) is 9.62. The van der Waals surface area contributed by atoms with E-state index in [0.29, 0.717) is 21.8 Å². The molecule has 0 aromatic heterocycles. The molecule has 2 aliphatic rings. The summed E-state index contributed by atoms with van der Waals surface area (Å²) in [6, 6.07) is 20.9. The monoisotopic (exact) mass is 503 g/mol. The van der Waals surface area contributed by atoms with Crippen LogP contribution in [0.5, 0.6) is 0 Å². The van der Waals surface area contributed by atoms with Crippen LogP contribution >= 0.6 is 11.6 Å². The van der Waals surface area contributed by atoms with Gasteiger partial charge < -0.3 is 9.84 Å². The molecule has 184 valence electrons. The summed E-state index contributed by atoms with van der Waals surface area (Å²) in [5.41, 5.74) is 2.89. The summed E-state index contributed by atoms with van der Waals surface area (Å²) >= 11 is 6.22. The quantitative estimate of drug-likeness (QED) is 0.374. The van der Waals surface area contributed by atoms with Crippen LogP contribution in [-0.2, 0) is 20.7 Å². The first-order valence-electron chi connectivity index (χ1n) is 12.0. The number of Topliss-reactive ketones (excluding diaryl/α,β-unsaturated/α-hetero) is 1. The second-order valence-electron chi connectivity index (χ2n) is 9.24. The summed E-state index contributed by atoms with van der Waals surface area (Å²) in [5.74, 6) is -3.18. The van der Waals surface area contributed by atoms with E-state index in [9.17, 15) is 19.5 Å². The molecule has 5 unspecified atom stereocenters. The van der Waals surface area contributed by atoms with Crippen LogP contribution in [-0.4, -0.2) is 28.8 Å². The number of anilines is 1. The Balaban J connectivity index is 1.59. The first kappa shape index (κ1) is 24.4. The molecule has 5 atom stereocenters. The molecular formula is C29H26ClNO5. The third kappa shape index (κ3) is 4.05. The molecular weight excluding hydrogens is 478 g/mol. The fourth-order valence-electron chi connectivity index (χ4n) is 5.25. The van der Waals surface area contributed by atoms with Crippen molar-refractivity contribution in [3.63, 3.8) is 0 Å². The van der Waals surface area contributed by atoms with Crippen molar-refractivity contribution in [1.29, 1.82) is 0 Å². The van der Waals surface area contributed by atoms with Gasteiger partial charge in [-0.3, -0.25) is 14.4 Å². The van der Waals surface area contributed by atoms with Crippen LogP contribution in [0.15, 0.2) is 72.8 Å². The number of carbonyl (C=O) groups excluding carboxylic acids is 3. The highest BCUT2D eigenvalue weighted by Crippen LogP contribution is 2.50. The first-order chi connectivity index (χ1) is 17.3. The van der Waals surface area contributed by atoms with E-state index in [1.807, 2.05) is 19.1 Å². The number of fused-ring (bicyclic) bond motifs is 1. The summed E-state index contributed by atoms with van der Waals surface area (Å²) in [7, 11) is 0. The number of ketones is 1. The van der Waals surface area contributed by atoms with Crippen LogP contribution in [0.25, 0.3) is 0 Å². The third-order valence-corrected chi connectivity index (χ3v) is 7.29. The molecule has 0 saturated carbocycles. The largest absolute Gasteiger partial charge is 0.389 e. The van der Waals surface area contributed by atoms with Crippen molar-refractivity contribution in [2.75, 3.05) is 4.90 Å². The summed E-state index contributed by atoms with van der Waals surface area (Å²) in [6.07, 6.45) is -2.06. The summed E-state index contributed by atoms with van der Waals surface area (Å²) in [4.78, 5) is 42.5. The molecule has 5 rings (SSSR count). The molecule has 3 aromatic rings. The molecule has 0 aliphatic carbocycles. The molecule has 0 spiro atoms. The number of halogens is 1. The van der Waals surface area contributed by atoms with Crippen LogP contribution < -0.4 is 4.90 Å². The van der Waals surface area contributed by atoms with Crippen molar-refractivity contribution in [1.82, 2.24) is 0 Å². The van der Waals surface area contributed by atoms with Crippen LogP contribution in [0.1, 0.15) is 53.1 Å². The molecule has 2 aliphatic heterocycles. The van der Waals surface area contributed by atoms with Crippen LogP contribution in [0.2, 0.25) is 5.02 Å². The van der Waals surface area contributed by atoms with Gasteiger partial charge in [0.25, 0.3) is 0 Å². The minimum atomic E-state index is -1.18. The lowest BCUT2D eigenvalue weighted by molar-refractivity contribution is -0.125. The third-order valence-electron chi connectivity index (χ3n) is 7.06. The number of ether oxygens (including phenoxy) is 1. The van der Waals surface area contributed by atoms with E-state index in [1.165, 1.54) is 4.90 Å². The van der Waals surface area contributed by atoms with E-state index in [1.54, 1.807) is 67.6 Å². The Morgan fingerprint density at radius 2 is 1.69 bits per heavy atom. The van der Waals surface area contributed by atoms with E-state index in [0.717, 1.165) is 12.0 Å². The standard InChI is InChI=1S/C29H26ClNO5/c1-3-17-11-13-20(14-12-17)31-28(34)23-24(29(31)35)27(36-26(23)18-7-6-8-19(30)15-18)25(33)22-10-5-4-9-21(22)16(2)32/h4-16,23-24,26-27,32H,3H2,1-2H3. The second-order valence-corrected chi connectivity index (χ2v) is 9.68. The predicted octanol–water partition coefficient (Wildman–Crippen LogP) is 5.08. The lowest BCUT2D eigenvalue weighted by Gasteiger charge is -2.22. The number of nitrogens with zero attached hydrogens (tertiary/aromatic N) is 1. The van der Waals surface area contributed by atoms with E-state index >= 15 is 0 Å². The summed E-state index contributed by atoms with van der Waals surface area (Å²) in [5, 5.41) is 10.7. The van der Waals surface area contributed by atoms with E-state index < -0.39 is 47.7 Å². The number of aliphatic hydroxyl groups excluding tert-OH is 1. The summed E-state index contributed by atoms with van der Waals surface area (Å²) in [6.45, 7) is 3.60. The van der Waals surface area contributed by atoms with Gasteiger partial charge in [-0.1, -0.05) is 67.1 Å². The van der Waals surface area contributed by atoms with Crippen molar-refractivity contribution < 1.29 is 24.2 Å². The molecule has 6 nitrogen and oxygen atoms in total. The fraction of sp³-hybridized carbons (Fsp3) is 0.276. The van der Waals surface area contributed by atoms with Gasteiger partial charge in [-0.2, -0.15) is 0 Å². The zero-order valence-electron chi connectivity index (χ0n) is 19.9. The number of imide groups is 1. The minimum absolute atomic E-state index is 0.272. The topological polar surface area (TPSA) is 83.9 Å². The molecule has 2 amide bonds. The Labute approximate surface area is 214 Å². The number of amides is 2. The van der Waals surface area contributed by atoms with Gasteiger partial charge in [-0.15, -0.1) is 0 Å². The lowest BCUT2D eigenvalue weighted by Crippen LogP contribution is -2.38. The maximum Gasteiger partial charge on any atom is 0.240 e. The number of hydrogen-bond donors (Lipinski definition) is 1. The molecule has 1 N–H and O–H groups in total. The van der Waals surface area contributed by atoms with Gasteiger partial charge in [0.05, 0.1) is 29.7 Å². The molecule has 2 fully saturated rings. The molecule has 3 aromatic carbocycles. The van der Waals surface area contributed by atoms with Crippen LogP contribution in [0.4, 0.5) is 5.69 Å². The first-order valence-corrected chi connectivity index (χ1v) is 12.4. The highest BCUT2D eigenvalue weighted by molar-refractivity contribution is 6.30. The Morgan fingerprint density at radius 1 is 1.00 bits per heavy atom. The average molecular weight is 504 g/mol. The van der Waals surface area contributed by atoms with E-state index in [-0.39, 0.29) is 5.56 Å². The highest BCUT2D eigenvalue weighted by atomic mass is 35.5. The Hall–Kier alpha value is -3.32. The van der Waals surface area contributed by atoms with Gasteiger partial charge in [0.15, 0.2) is 5.78 Å². The van der Waals surface area contributed by atoms with Crippen molar-refractivity contribution in [2.45, 2.75) is 38.6 Å². The number of aliphatic hydroxyl groups is 1. The van der Waals surface area contributed by atoms with Crippen molar-refractivity contribution in [3.8, 4) is 0 Å². The van der Waals surface area contributed by atoms with E-state index in [4.69, 9.17) is 16.3 Å². The maximum atomic E-state index is 13.8. The minimum Gasteiger partial charge on any atom is -0.389 e. The number of aryl methyl sites for hydroxylation is 1. The smallest absolute Gasteiger partial charge is 0.240 e. The van der Waals surface area contributed by atoms with Crippen molar-refractivity contribution in [3.05, 3.63) is 100 Å². The molecule has 0 radical (unpaired) electrons. The SMILES string of the molecule is CCc1ccc(N2C(=O)C3C(C(=O)c4ccccc4C(C)O)OC(c4cccc(Cl)c4)C3C2=O)cc1. The molecule has 36 heavy (non-hydrogen) atoms. The number of carbonyl (C=O) groups is 3. The average Bonchev–Trinajstić information content (AvgIpc) is 3.40. The molecule has 7 heteroatoms. The normalized spacial score (nSPS) is 24.2. The molecule has 0 bridgehead atoms. The molecule has 2 saturated heterocycles. The van der Waals surface area contributed by atoms with Gasteiger partial charge in [-0.05, 0) is 54.3 Å².